The van der Waals surface area contributed by atoms with Crippen molar-refractivity contribution in [3.05, 3.63) is 12.2 Å². The molecule has 0 bridgehead atoms. The van der Waals surface area contributed by atoms with Crippen LogP contribution >= 0.6 is 0 Å². The number of rotatable bonds is 22. The van der Waals surface area contributed by atoms with Crippen LogP contribution in [0.15, 0.2) is 12.2 Å². The summed E-state index contributed by atoms with van der Waals surface area (Å²) >= 11 is 0. The molecule has 1 aliphatic rings. The van der Waals surface area contributed by atoms with E-state index in [-0.39, 0.29) is 19.6 Å². The van der Waals surface area contributed by atoms with Crippen LogP contribution in [-0.2, 0) is 28.5 Å². The molecule has 10 heteroatoms. The lowest BCUT2D eigenvalue weighted by Gasteiger charge is -2.39. The summed E-state index contributed by atoms with van der Waals surface area (Å²) in [4.78, 5) is 23.5. The smallest absolute Gasteiger partial charge is 0.305 e. The first-order chi connectivity index (χ1) is 18.8. The number of carbonyl (C=O) groups excluding carboxylic acids is 2. The van der Waals surface area contributed by atoms with Crippen LogP contribution in [0.4, 0.5) is 0 Å². The summed E-state index contributed by atoms with van der Waals surface area (Å²) in [7, 11) is 0. The first-order valence-electron chi connectivity index (χ1n) is 14.7. The Kier molecular flexibility index (Phi) is 20.2. The van der Waals surface area contributed by atoms with Crippen molar-refractivity contribution in [3.63, 3.8) is 0 Å². The average molecular weight is 561 g/mol. The van der Waals surface area contributed by atoms with Crippen molar-refractivity contribution in [3.8, 4) is 0 Å². The number of aliphatic hydroxyl groups excluding tert-OH is 4. The lowest BCUT2D eigenvalue weighted by Crippen LogP contribution is -2.59. The zero-order valence-corrected chi connectivity index (χ0v) is 23.9. The highest BCUT2D eigenvalue weighted by Gasteiger charge is 2.44. The van der Waals surface area contributed by atoms with Crippen LogP contribution in [0, 0.1) is 0 Å². The Bertz CT molecular complexity index is 668. The quantitative estimate of drug-likeness (QED) is 0.0881. The summed E-state index contributed by atoms with van der Waals surface area (Å²) in [5, 5.41) is 39.0. The Morgan fingerprint density at radius 2 is 1.41 bits per heavy atom. The van der Waals surface area contributed by atoms with Crippen molar-refractivity contribution in [1.29, 1.82) is 0 Å². The Hall–Kier alpha value is -1.56. The highest BCUT2D eigenvalue weighted by Crippen LogP contribution is 2.22. The third kappa shape index (κ3) is 16.3. The number of unbranched alkanes of at least 4 members (excludes halogenated alkanes) is 11. The largest absolute Gasteiger partial charge is 0.462 e. The van der Waals surface area contributed by atoms with E-state index in [1.54, 1.807) is 0 Å². The number of esters is 2. The summed E-state index contributed by atoms with van der Waals surface area (Å²) in [5.74, 6) is -1.01. The maximum absolute atomic E-state index is 12.1. The normalized spacial score (nSPS) is 24.1. The van der Waals surface area contributed by atoms with E-state index in [2.05, 4.69) is 19.1 Å². The van der Waals surface area contributed by atoms with E-state index in [1.165, 1.54) is 51.9 Å². The molecule has 0 saturated carbocycles. The van der Waals surface area contributed by atoms with Gasteiger partial charge in [0.15, 0.2) is 12.4 Å². The maximum Gasteiger partial charge on any atom is 0.305 e. The lowest BCUT2D eigenvalue weighted by molar-refractivity contribution is -0.305. The van der Waals surface area contributed by atoms with Crippen LogP contribution in [0.3, 0.4) is 0 Å². The maximum atomic E-state index is 12.1. The van der Waals surface area contributed by atoms with Crippen LogP contribution in [0.1, 0.15) is 104 Å². The first-order valence-corrected chi connectivity index (χ1v) is 14.7. The van der Waals surface area contributed by atoms with Crippen LogP contribution in [0.5, 0.6) is 0 Å². The summed E-state index contributed by atoms with van der Waals surface area (Å²) in [6.45, 7) is 2.32. The molecule has 1 rings (SSSR count). The van der Waals surface area contributed by atoms with Gasteiger partial charge in [-0.25, -0.2) is 0 Å². The molecule has 1 heterocycles. The fourth-order valence-electron chi connectivity index (χ4n) is 4.36. The highest BCUT2D eigenvalue weighted by molar-refractivity contribution is 5.69. The summed E-state index contributed by atoms with van der Waals surface area (Å²) in [6, 6.07) is 0. The number of hydrogen-bond donors (Lipinski definition) is 4. The first kappa shape index (κ1) is 35.5. The third-order valence-electron chi connectivity index (χ3n) is 6.70. The van der Waals surface area contributed by atoms with Crippen molar-refractivity contribution < 1.29 is 49.0 Å². The molecule has 6 atom stereocenters. The van der Waals surface area contributed by atoms with Gasteiger partial charge in [-0.2, -0.15) is 0 Å². The molecule has 10 nitrogen and oxygen atoms in total. The molecule has 1 fully saturated rings. The fraction of sp³-hybridized carbons (Fsp3) is 0.862. The molecule has 0 spiro atoms. The second kappa shape index (κ2) is 22.2. The topological polar surface area (TPSA) is 152 Å². The van der Waals surface area contributed by atoms with Crippen molar-refractivity contribution in [2.75, 3.05) is 19.8 Å². The summed E-state index contributed by atoms with van der Waals surface area (Å²) < 4.78 is 21.0. The Labute approximate surface area is 233 Å². The van der Waals surface area contributed by atoms with Gasteiger partial charge in [-0.15, -0.1) is 0 Å². The molecule has 0 aromatic rings. The molecular weight excluding hydrogens is 508 g/mol. The zero-order valence-electron chi connectivity index (χ0n) is 23.9. The molecule has 1 saturated heterocycles. The summed E-state index contributed by atoms with van der Waals surface area (Å²) in [5.41, 5.74) is 0. The highest BCUT2D eigenvalue weighted by atomic mass is 16.7. The molecule has 0 radical (unpaired) electrons. The van der Waals surface area contributed by atoms with Gasteiger partial charge < -0.3 is 39.4 Å². The Balaban J connectivity index is 2.16. The van der Waals surface area contributed by atoms with Gasteiger partial charge in [0.25, 0.3) is 0 Å². The Morgan fingerprint density at radius 3 is 2.00 bits per heavy atom. The molecule has 0 aromatic carbocycles. The van der Waals surface area contributed by atoms with Gasteiger partial charge in [0.2, 0.25) is 0 Å². The van der Waals surface area contributed by atoms with Crippen molar-refractivity contribution in [1.82, 2.24) is 0 Å². The van der Waals surface area contributed by atoms with E-state index in [0.29, 0.717) is 6.42 Å². The van der Waals surface area contributed by atoms with Crippen molar-refractivity contribution >= 4 is 11.9 Å². The molecule has 0 amide bonds. The average Bonchev–Trinajstić information content (AvgIpc) is 2.91. The SMILES string of the molecule is CCCCCCCC/C=C/CCCCCCCC(=O)OCC(CO[C@@H]1OC(CO)[C@H](O)[C@@H](O)C1O)OC(C)=O. The van der Waals surface area contributed by atoms with Crippen LogP contribution in [0.2, 0.25) is 0 Å². The van der Waals surface area contributed by atoms with E-state index < -0.39 is 55.4 Å². The molecule has 0 aromatic heterocycles. The fourth-order valence-corrected chi connectivity index (χ4v) is 4.36. The molecule has 39 heavy (non-hydrogen) atoms. The Morgan fingerprint density at radius 1 is 0.821 bits per heavy atom. The number of carbonyl (C=O) groups is 2. The minimum absolute atomic E-state index is 0.235. The molecule has 4 N–H and O–H groups in total. The number of allylic oxidation sites excluding steroid dienone is 2. The second-order valence-electron chi connectivity index (χ2n) is 10.3. The molecule has 1 aliphatic heterocycles. The van der Waals surface area contributed by atoms with E-state index in [4.69, 9.17) is 18.9 Å². The number of ether oxygens (including phenoxy) is 4. The van der Waals surface area contributed by atoms with Gasteiger partial charge in [0.05, 0.1) is 13.2 Å². The third-order valence-corrected chi connectivity index (χ3v) is 6.70. The van der Waals surface area contributed by atoms with Gasteiger partial charge in [0.1, 0.15) is 31.0 Å². The molecular formula is C29H52O10. The summed E-state index contributed by atoms with van der Waals surface area (Å²) in [6.07, 6.45) is 11.9. The van der Waals surface area contributed by atoms with Gasteiger partial charge in [-0.05, 0) is 32.1 Å². The predicted molar refractivity (Wildman–Crippen MR) is 146 cm³/mol. The van der Waals surface area contributed by atoms with Crippen LogP contribution in [-0.4, -0.2) is 89.0 Å². The number of hydrogen-bond acceptors (Lipinski definition) is 10. The van der Waals surface area contributed by atoms with Gasteiger partial charge in [-0.1, -0.05) is 70.4 Å². The van der Waals surface area contributed by atoms with Crippen molar-refractivity contribution in [2.45, 2.75) is 141 Å². The van der Waals surface area contributed by atoms with Gasteiger partial charge in [0, 0.05) is 13.3 Å². The minimum atomic E-state index is -1.59. The minimum Gasteiger partial charge on any atom is -0.462 e. The van der Waals surface area contributed by atoms with E-state index in [0.717, 1.165) is 32.1 Å². The van der Waals surface area contributed by atoms with E-state index >= 15 is 0 Å². The number of aliphatic hydroxyl groups is 4. The molecule has 228 valence electrons. The van der Waals surface area contributed by atoms with Crippen LogP contribution < -0.4 is 0 Å². The lowest BCUT2D eigenvalue weighted by atomic mass is 9.99. The predicted octanol–water partition coefficient (Wildman–Crippen LogP) is 3.32. The monoisotopic (exact) mass is 560 g/mol. The van der Waals surface area contributed by atoms with Gasteiger partial charge >= 0.3 is 11.9 Å². The van der Waals surface area contributed by atoms with Crippen LogP contribution in [0.25, 0.3) is 0 Å². The second-order valence-corrected chi connectivity index (χ2v) is 10.3. The zero-order chi connectivity index (χ0) is 28.9. The van der Waals surface area contributed by atoms with Crippen molar-refractivity contribution in [2.24, 2.45) is 0 Å². The standard InChI is InChI=1S/C29H52O10/c1-3-4-5-6-7-8-9-10-11-12-13-14-15-16-17-18-25(32)36-20-23(38-22(2)31)21-37-29-28(35)27(34)26(33)24(19-30)39-29/h10-11,23-24,26-30,33-35H,3-9,12-21H2,1-2H3/b11-10+/t23?,24?,26-,27+,28?,29+/m0/s1. The van der Waals surface area contributed by atoms with Gasteiger partial charge in [-0.3, -0.25) is 9.59 Å². The molecule has 0 aliphatic carbocycles. The molecule has 3 unspecified atom stereocenters. The van der Waals surface area contributed by atoms with E-state index in [1.807, 2.05) is 0 Å². The van der Waals surface area contributed by atoms with E-state index in [9.17, 15) is 30.0 Å².